The molecule has 0 amide bonds. The number of carboxylic acids is 1. The SMILES string of the molecule is CNc1c(F)c(F)cc2c1[nH]c1ncc(-c3ccc4ncc(C(=O)O)c(=O)n4c3)c(N3CCC(N(C)C)C3)c12. The second-order valence-electron chi connectivity index (χ2n) is 9.87. The Labute approximate surface area is 220 Å². The van der Waals surface area contributed by atoms with Gasteiger partial charge in [0.05, 0.1) is 22.3 Å². The van der Waals surface area contributed by atoms with Gasteiger partial charge in [-0.1, -0.05) is 0 Å². The third-order valence-electron chi connectivity index (χ3n) is 7.49. The van der Waals surface area contributed by atoms with E-state index in [-0.39, 0.29) is 11.7 Å². The second-order valence-corrected chi connectivity index (χ2v) is 9.87. The normalized spacial score (nSPS) is 15.7. The summed E-state index contributed by atoms with van der Waals surface area (Å²) in [6, 6.07) is 4.86. The first kappa shape index (κ1) is 24.7. The lowest BCUT2D eigenvalue weighted by Crippen LogP contribution is -2.31. The maximum atomic E-state index is 14.8. The Morgan fingerprint density at radius 3 is 2.72 bits per heavy atom. The van der Waals surface area contributed by atoms with Crippen LogP contribution in [0.25, 0.3) is 38.7 Å². The number of carbonyl (C=O) groups is 1. The van der Waals surface area contributed by atoms with Crippen LogP contribution in [0, 0.1) is 11.6 Å². The molecular formula is C27H25F2N7O3. The molecule has 0 aliphatic carbocycles. The van der Waals surface area contributed by atoms with E-state index in [0.29, 0.717) is 51.8 Å². The summed E-state index contributed by atoms with van der Waals surface area (Å²) in [5.41, 5.74) is 2.03. The first-order chi connectivity index (χ1) is 18.7. The molecule has 1 unspecified atom stereocenters. The zero-order chi connectivity index (χ0) is 27.6. The molecule has 1 aliphatic heterocycles. The molecule has 10 nitrogen and oxygen atoms in total. The predicted octanol–water partition coefficient (Wildman–Crippen LogP) is 3.55. The minimum Gasteiger partial charge on any atom is -0.477 e. The van der Waals surface area contributed by atoms with Gasteiger partial charge in [0.1, 0.15) is 16.9 Å². The molecule has 0 radical (unpaired) electrons. The first-order valence-electron chi connectivity index (χ1n) is 12.4. The molecule has 1 fully saturated rings. The molecule has 4 aromatic heterocycles. The second kappa shape index (κ2) is 9.02. The van der Waals surface area contributed by atoms with Crippen molar-refractivity contribution in [1.82, 2.24) is 24.3 Å². The molecule has 1 atom stereocenters. The number of hydrogen-bond acceptors (Lipinski definition) is 7. The van der Waals surface area contributed by atoms with Gasteiger partial charge in [0.2, 0.25) is 0 Å². The molecule has 5 heterocycles. The Kier molecular flexibility index (Phi) is 5.72. The third kappa shape index (κ3) is 3.78. The van der Waals surface area contributed by atoms with Crippen molar-refractivity contribution in [2.24, 2.45) is 0 Å². The number of nitrogens with one attached hydrogen (secondary N) is 2. The van der Waals surface area contributed by atoms with E-state index in [2.05, 4.69) is 30.1 Å². The van der Waals surface area contributed by atoms with E-state index in [4.69, 9.17) is 0 Å². The molecule has 1 aliphatic rings. The van der Waals surface area contributed by atoms with Crippen molar-refractivity contribution in [3.05, 3.63) is 64.3 Å². The smallest absolute Gasteiger partial charge is 0.342 e. The Morgan fingerprint density at radius 1 is 1.23 bits per heavy atom. The summed E-state index contributed by atoms with van der Waals surface area (Å²) in [7, 11) is 5.56. The van der Waals surface area contributed by atoms with Gasteiger partial charge in [0.25, 0.3) is 5.56 Å². The van der Waals surface area contributed by atoms with E-state index < -0.39 is 28.7 Å². The van der Waals surface area contributed by atoms with Crippen LogP contribution in [0.4, 0.5) is 20.2 Å². The maximum absolute atomic E-state index is 14.8. The van der Waals surface area contributed by atoms with E-state index in [1.165, 1.54) is 23.7 Å². The zero-order valence-electron chi connectivity index (χ0n) is 21.4. The monoisotopic (exact) mass is 533 g/mol. The van der Waals surface area contributed by atoms with Crippen LogP contribution in [-0.2, 0) is 0 Å². The van der Waals surface area contributed by atoms with Gasteiger partial charge in [-0.25, -0.2) is 23.5 Å². The van der Waals surface area contributed by atoms with Crippen LogP contribution in [0.3, 0.4) is 0 Å². The Hall–Kier alpha value is -4.58. The van der Waals surface area contributed by atoms with E-state index in [1.807, 2.05) is 14.1 Å². The van der Waals surface area contributed by atoms with Crippen LogP contribution >= 0.6 is 0 Å². The molecule has 6 rings (SSSR count). The van der Waals surface area contributed by atoms with Crippen molar-refractivity contribution in [3.63, 3.8) is 0 Å². The molecule has 12 heteroatoms. The topological polar surface area (TPSA) is 119 Å². The molecule has 200 valence electrons. The van der Waals surface area contributed by atoms with E-state index in [1.54, 1.807) is 18.3 Å². The number of aromatic nitrogens is 4. The minimum atomic E-state index is -1.36. The minimum absolute atomic E-state index is 0.00706. The first-order valence-corrected chi connectivity index (χ1v) is 12.4. The van der Waals surface area contributed by atoms with Gasteiger partial charge in [0, 0.05) is 61.3 Å². The molecular weight excluding hydrogens is 508 g/mol. The molecule has 0 spiro atoms. The summed E-state index contributed by atoms with van der Waals surface area (Å²) < 4.78 is 30.6. The number of nitrogens with zero attached hydrogens (tertiary/aromatic N) is 5. The number of benzene rings is 1. The molecule has 3 N–H and O–H groups in total. The summed E-state index contributed by atoms with van der Waals surface area (Å²) in [6.07, 6.45) is 5.13. The van der Waals surface area contributed by atoms with Crippen LogP contribution in [0.2, 0.25) is 0 Å². The van der Waals surface area contributed by atoms with Crippen molar-refractivity contribution in [1.29, 1.82) is 0 Å². The summed E-state index contributed by atoms with van der Waals surface area (Å²) in [5.74, 6) is -3.33. The number of pyridine rings is 2. The number of aromatic carboxylic acids is 1. The van der Waals surface area contributed by atoms with E-state index in [0.717, 1.165) is 18.3 Å². The highest BCUT2D eigenvalue weighted by Crippen LogP contribution is 2.43. The van der Waals surface area contributed by atoms with E-state index in [9.17, 15) is 23.5 Å². The van der Waals surface area contributed by atoms with Crippen LogP contribution in [0.15, 0.2) is 41.6 Å². The number of likely N-dealkylation sites (N-methyl/N-ethyl adjacent to an activating group) is 1. The highest BCUT2D eigenvalue weighted by molar-refractivity contribution is 6.17. The number of hydrogen-bond donors (Lipinski definition) is 3. The fourth-order valence-corrected chi connectivity index (χ4v) is 5.45. The van der Waals surface area contributed by atoms with Crippen molar-refractivity contribution in [3.8, 4) is 11.1 Å². The molecule has 1 aromatic carbocycles. The highest BCUT2D eigenvalue weighted by atomic mass is 19.2. The number of anilines is 2. The zero-order valence-corrected chi connectivity index (χ0v) is 21.4. The van der Waals surface area contributed by atoms with Gasteiger partial charge in [-0.15, -0.1) is 0 Å². The van der Waals surface area contributed by atoms with Crippen molar-refractivity contribution < 1.29 is 18.7 Å². The number of halogens is 2. The van der Waals surface area contributed by atoms with Crippen LogP contribution in [0.5, 0.6) is 0 Å². The lowest BCUT2D eigenvalue weighted by atomic mass is 10.0. The van der Waals surface area contributed by atoms with Gasteiger partial charge in [-0.3, -0.25) is 9.20 Å². The van der Waals surface area contributed by atoms with Gasteiger partial charge in [-0.2, -0.15) is 0 Å². The quantitative estimate of drug-likeness (QED) is 0.314. The fourth-order valence-electron chi connectivity index (χ4n) is 5.45. The standard InChI is InChI=1S/C27H25F2N7O3/c1-30-23-21(29)18(28)8-15-20-24(35-7-6-14(12-35)34(2)3)16(9-32-25(20)33-22(15)23)13-4-5-19-31-10-17(27(38)39)26(37)36(19)11-13/h4-5,8-11,14,30H,6-7,12H2,1-3H3,(H,32,33)(H,38,39). The van der Waals surface area contributed by atoms with Crippen LogP contribution < -0.4 is 15.8 Å². The van der Waals surface area contributed by atoms with Gasteiger partial charge in [-0.05, 0) is 38.7 Å². The summed E-state index contributed by atoms with van der Waals surface area (Å²) >= 11 is 0. The largest absolute Gasteiger partial charge is 0.477 e. The van der Waals surface area contributed by atoms with Crippen molar-refractivity contribution >= 4 is 44.9 Å². The lowest BCUT2D eigenvalue weighted by molar-refractivity contribution is 0.0694. The molecule has 5 aromatic rings. The summed E-state index contributed by atoms with van der Waals surface area (Å²) in [4.78, 5) is 40.7. The predicted molar refractivity (Wildman–Crippen MR) is 145 cm³/mol. The van der Waals surface area contributed by atoms with Crippen molar-refractivity contribution in [2.45, 2.75) is 12.5 Å². The van der Waals surface area contributed by atoms with Crippen molar-refractivity contribution in [2.75, 3.05) is 44.4 Å². The highest BCUT2D eigenvalue weighted by Gasteiger charge is 2.30. The number of carboxylic acid groups (broad SMARTS) is 1. The number of H-pyrrole nitrogens is 1. The molecule has 39 heavy (non-hydrogen) atoms. The lowest BCUT2D eigenvalue weighted by Gasteiger charge is -2.25. The van der Waals surface area contributed by atoms with Gasteiger partial charge >= 0.3 is 5.97 Å². The molecule has 1 saturated heterocycles. The summed E-state index contributed by atoms with van der Waals surface area (Å²) in [5, 5.41) is 13.3. The van der Waals surface area contributed by atoms with Crippen LogP contribution in [0.1, 0.15) is 16.8 Å². The fraction of sp³-hybridized carbons (Fsp3) is 0.259. The average molecular weight is 534 g/mol. The van der Waals surface area contributed by atoms with Gasteiger partial charge in [0.15, 0.2) is 11.6 Å². The molecule has 0 bridgehead atoms. The third-order valence-corrected chi connectivity index (χ3v) is 7.49. The Balaban J connectivity index is 1.67. The number of rotatable bonds is 5. The Morgan fingerprint density at radius 2 is 2.03 bits per heavy atom. The van der Waals surface area contributed by atoms with Crippen LogP contribution in [-0.4, -0.2) is 75.6 Å². The Bertz CT molecular complexity index is 1860. The van der Waals surface area contributed by atoms with E-state index >= 15 is 0 Å². The maximum Gasteiger partial charge on any atom is 0.342 e. The number of aromatic amines is 1. The molecule has 0 saturated carbocycles. The summed E-state index contributed by atoms with van der Waals surface area (Å²) in [6.45, 7) is 1.40. The van der Waals surface area contributed by atoms with Gasteiger partial charge < -0.3 is 25.2 Å². The number of fused-ring (bicyclic) bond motifs is 4. The average Bonchev–Trinajstić information content (AvgIpc) is 3.54.